The Balaban J connectivity index is 1.78. The highest BCUT2D eigenvalue weighted by Gasteiger charge is 2.34. The first-order valence-corrected chi connectivity index (χ1v) is 8.26. The minimum Gasteiger partial charge on any atom is -0.335 e. The Labute approximate surface area is 119 Å². The van der Waals surface area contributed by atoms with Crippen LogP contribution >= 0.6 is 11.3 Å². The lowest BCUT2D eigenvalue weighted by molar-refractivity contribution is -0.139. The van der Waals surface area contributed by atoms with Crippen molar-refractivity contribution in [3.05, 3.63) is 21.9 Å². The quantitative estimate of drug-likeness (QED) is 0.902. The molecule has 0 aliphatic carbocycles. The lowest BCUT2D eigenvalue weighted by Crippen LogP contribution is -2.45. The van der Waals surface area contributed by atoms with E-state index in [1.54, 1.807) is 0 Å². The maximum Gasteiger partial charge on any atom is 0.226 e. The van der Waals surface area contributed by atoms with Crippen LogP contribution in [0.4, 0.5) is 0 Å². The number of piperidine rings is 1. The maximum atomic E-state index is 12.8. The first-order valence-electron chi connectivity index (χ1n) is 7.38. The van der Waals surface area contributed by atoms with Gasteiger partial charge < -0.3 is 10.2 Å². The molecule has 1 aromatic rings. The third-order valence-corrected chi connectivity index (χ3v) is 5.45. The number of nitrogens with zero attached hydrogens (tertiary/aromatic N) is 1. The zero-order valence-electron chi connectivity index (χ0n) is 11.5. The highest BCUT2D eigenvalue weighted by molar-refractivity contribution is 7.10. The predicted octanol–water partition coefficient (Wildman–Crippen LogP) is 2.58. The van der Waals surface area contributed by atoms with Gasteiger partial charge in [-0.1, -0.05) is 6.92 Å². The van der Waals surface area contributed by atoms with Gasteiger partial charge in [-0.2, -0.15) is 0 Å². The molecule has 3 rings (SSSR count). The molecule has 0 saturated carbocycles. The topological polar surface area (TPSA) is 32.3 Å². The molecule has 1 fully saturated rings. The van der Waals surface area contributed by atoms with Gasteiger partial charge in [0, 0.05) is 17.3 Å². The van der Waals surface area contributed by atoms with Crippen molar-refractivity contribution in [3.8, 4) is 0 Å². The average molecular weight is 278 g/mol. The summed E-state index contributed by atoms with van der Waals surface area (Å²) in [5, 5.41) is 5.51. The van der Waals surface area contributed by atoms with Gasteiger partial charge in [-0.25, -0.2) is 0 Å². The smallest absolute Gasteiger partial charge is 0.226 e. The summed E-state index contributed by atoms with van der Waals surface area (Å²) in [6.07, 6.45) is 4.07. The first kappa shape index (κ1) is 13.1. The summed E-state index contributed by atoms with van der Waals surface area (Å²) in [6.45, 7) is 5.09. The number of rotatable bonds is 2. The molecule has 2 aliphatic heterocycles. The van der Waals surface area contributed by atoms with E-state index >= 15 is 0 Å². The van der Waals surface area contributed by atoms with Gasteiger partial charge in [0.2, 0.25) is 5.91 Å². The van der Waals surface area contributed by atoms with Crippen LogP contribution in [0, 0.1) is 5.92 Å². The number of hydrogen-bond donors (Lipinski definition) is 1. The monoisotopic (exact) mass is 278 g/mol. The number of fused-ring (bicyclic) bond motifs is 1. The van der Waals surface area contributed by atoms with Gasteiger partial charge >= 0.3 is 0 Å². The number of carbonyl (C=O) groups is 1. The molecule has 1 amide bonds. The van der Waals surface area contributed by atoms with Crippen molar-refractivity contribution in [2.45, 2.75) is 38.6 Å². The average Bonchev–Trinajstić information content (AvgIpc) is 2.94. The Morgan fingerprint density at radius 1 is 1.47 bits per heavy atom. The maximum absolute atomic E-state index is 12.8. The first-order chi connectivity index (χ1) is 9.31. The fourth-order valence-electron chi connectivity index (χ4n) is 3.40. The van der Waals surface area contributed by atoms with E-state index in [0.717, 1.165) is 45.3 Å². The summed E-state index contributed by atoms with van der Waals surface area (Å²) in [5.74, 6) is 0.640. The molecule has 3 heterocycles. The third kappa shape index (κ3) is 2.43. The second-order valence-corrected chi connectivity index (χ2v) is 6.53. The number of nitrogens with one attached hydrogen (secondary N) is 1. The molecular formula is C15H22N2OS. The number of carbonyl (C=O) groups excluding carboxylic acids is 1. The van der Waals surface area contributed by atoms with Crippen molar-refractivity contribution in [1.29, 1.82) is 0 Å². The molecule has 104 valence electrons. The number of hydrogen-bond acceptors (Lipinski definition) is 3. The van der Waals surface area contributed by atoms with E-state index in [-0.39, 0.29) is 5.92 Å². The van der Waals surface area contributed by atoms with Crippen LogP contribution in [-0.2, 0) is 11.2 Å². The van der Waals surface area contributed by atoms with Crippen LogP contribution in [0.15, 0.2) is 11.4 Å². The second kappa shape index (κ2) is 5.63. The second-order valence-electron chi connectivity index (χ2n) is 5.53. The molecule has 3 nitrogen and oxygen atoms in total. The van der Waals surface area contributed by atoms with Gasteiger partial charge in [0.25, 0.3) is 0 Å². The van der Waals surface area contributed by atoms with Gasteiger partial charge in [-0.05, 0) is 55.8 Å². The van der Waals surface area contributed by atoms with E-state index in [1.165, 1.54) is 10.4 Å². The molecule has 0 aromatic carbocycles. The molecular weight excluding hydrogens is 256 g/mol. The van der Waals surface area contributed by atoms with Crippen LogP contribution in [0.1, 0.15) is 42.7 Å². The van der Waals surface area contributed by atoms with E-state index < -0.39 is 0 Å². The van der Waals surface area contributed by atoms with Gasteiger partial charge in [0.05, 0.1) is 6.04 Å². The predicted molar refractivity (Wildman–Crippen MR) is 78.4 cm³/mol. The lowest BCUT2D eigenvalue weighted by Gasteiger charge is -2.38. The van der Waals surface area contributed by atoms with Crippen LogP contribution in [0.5, 0.6) is 0 Å². The third-order valence-electron chi connectivity index (χ3n) is 4.45. The van der Waals surface area contributed by atoms with Crippen molar-refractivity contribution in [2.75, 3.05) is 19.6 Å². The van der Waals surface area contributed by atoms with Crippen molar-refractivity contribution < 1.29 is 4.79 Å². The Hall–Kier alpha value is -0.870. The van der Waals surface area contributed by atoms with Gasteiger partial charge in [-0.15, -0.1) is 11.3 Å². The normalized spacial score (nSPS) is 24.3. The summed E-state index contributed by atoms with van der Waals surface area (Å²) in [5.41, 5.74) is 1.40. The van der Waals surface area contributed by atoms with E-state index in [4.69, 9.17) is 0 Å². The molecule has 1 atom stereocenters. The molecule has 1 unspecified atom stereocenters. The molecule has 4 heteroatoms. The molecule has 1 N–H and O–H groups in total. The van der Waals surface area contributed by atoms with E-state index in [9.17, 15) is 4.79 Å². The Bertz CT molecular complexity index is 451. The molecule has 0 radical (unpaired) electrons. The zero-order chi connectivity index (χ0) is 13.2. The summed E-state index contributed by atoms with van der Waals surface area (Å²) in [4.78, 5) is 16.4. The lowest BCUT2D eigenvalue weighted by atomic mass is 9.92. The van der Waals surface area contributed by atoms with Crippen LogP contribution in [0.3, 0.4) is 0 Å². The van der Waals surface area contributed by atoms with Gasteiger partial charge in [0.15, 0.2) is 0 Å². The molecule has 2 aliphatic rings. The minimum absolute atomic E-state index is 0.246. The summed E-state index contributed by atoms with van der Waals surface area (Å²) in [6, 6.07) is 2.54. The van der Waals surface area contributed by atoms with Crippen LogP contribution in [0.2, 0.25) is 0 Å². The van der Waals surface area contributed by atoms with E-state index in [2.05, 4.69) is 28.6 Å². The van der Waals surface area contributed by atoms with Crippen molar-refractivity contribution in [3.63, 3.8) is 0 Å². The highest BCUT2D eigenvalue weighted by Crippen LogP contribution is 2.36. The van der Waals surface area contributed by atoms with Crippen LogP contribution in [-0.4, -0.2) is 30.4 Å². The molecule has 1 saturated heterocycles. The molecule has 1 aromatic heterocycles. The highest BCUT2D eigenvalue weighted by atomic mass is 32.1. The minimum atomic E-state index is 0.246. The Morgan fingerprint density at radius 2 is 2.26 bits per heavy atom. The number of amides is 1. The van der Waals surface area contributed by atoms with Crippen LogP contribution in [0.25, 0.3) is 0 Å². The fraction of sp³-hybridized carbons (Fsp3) is 0.667. The van der Waals surface area contributed by atoms with E-state index in [1.807, 2.05) is 11.3 Å². The summed E-state index contributed by atoms with van der Waals surface area (Å²) in [7, 11) is 0. The zero-order valence-corrected chi connectivity index (χ0v) is 12.3. The Morgan fingerprint density at radius 3 is 3.00 bits per heavy atom. The SMILES string of the molecule is CCC1c2ccsc2CCN1C(=O)C1CCNCC1. The van der Waals surface area contributed by atoms with Crippen molar-refractivity contribution in [2.24, 2.45) is 5.92 Å². The Kier molecular flexibility index (Phi) is 3.89. The standard InChI is InChI=1S/C15H22N2OS/c1-2-13-12-6-10-19-14(12)5-9-17(13)15(18)11-3-7-16-8-4-11/h6,10-11,13,16H,2-5,7-9H2,1H3. The van der Waals surface area contributed by atoms with Gasteiger partial charge in [0.1, 0.15) is 0 Å². The largest absolute Gasteiger partial charge is 0.335 e. The van der Waals surface area contributed by atoms with Crippen molar-refractivity contribution in [1.82, 2.24) is 10.2 Å². The molecule has 0 bridgehead atoms. The molecule has 19 heavy (non-hydrogen) atoms. The van der Waals surface area contributed by atoms with E-state index in [0.29, 0.717) is 11.9 Å². The summed E-state index contributed by atoms with van der Waals surface area (Å²) >= 11 is 1.85. The van der Waals surface area contributed by atoms with Crippen molar-refractivity contribution >= 4 is 17.2 Å². The summed E-state index contributed by atoms with van der Waals surface area (Å²) < 4.78 is 0. The fourth-order valence-corrected chi connectivity index (χ4v) is 4.33. The number of thiophene rings is 1. The molecule has 0 spiro atoms. The van der Waals surface area contributed by atoms with Gasteiger partial charge in [-0.3, -0.25) is 4.79 Å². The van der Waals surface area contributed by atoms with Crippen LogP contribution < -0.4 is 5.32 Å².